The van der Waals surface area contributed by atoms with Crippen LogP contribution in [0.5, 0.6) is 11.5 Å². The molecule has 0 spiro atoms. The first kappa shape index (κ1) is 18.8. The highest BCUT2D eigenvalue weighted by Gasteiger charge is 2.22. The van der Waals surface area contributed by atoms with Crippen molar-refractivity contribution < 1.29 is 4.74 Å². The standard InChI is InChI=1S/C34H20O/c1-2-9-27-21(6-1)14-16-25-18-23-15-17-24(19-26(23)20-31(25)27)28-10-5-12-30-29-11-3-7-22-8-4-13-32(33(22)29)35-34(28)30/h1-20H. The molecule has 35 heavy (non-hydrogen) atoms. The summed E-state index contributed by atoms with van der Waals surface area (Å²) in [4.78, 5) is 0. The summed E-state index contributed by atoms with van der Waals surface area (Å²) in [6, 6.07) is 43.7. The molecule has 0 fully saturated rings. The summed E-state index contributed by atoms with van der Waals surface area (Å²) in [6.45, 7) is 0. The van der Waals surface area contributed by atoms with Gasteiger partial charge in [0.1, 0.15) is 11.5 Å². The maximum absolute atomic E-state index is 6.58. The second-order valence-electron chi connectivity index (χ2n) is 9.37. The minimum atomic E-state index is 0.927. The molecule has 0 saturated heterocycles. The highest BCUT2D eigenvalue weighted by Crippen LogP contribution is 2.50. The van der Waals surface area contributed by atoms with Crippen molar-refractivity contribution in [3.05, 3.63) is 121 Å². The lowest BCUT2D eigenvalue weighted by molar-refractivity contribution is 0.489. The topological polar surface area (TPSA) is 9.23 Å². The van der Waals surface area contributed by atoms with Gasteiger partial charge in [-0.25, -0.2) is 0 Å². The molecule has 1 aliphatic heterocycles. The highest BCUT2D eigenvalue weighted by molar-refractivity contribution is 6.12. The van der Waals surface area contributed by atoms with Crippen molar-refractivity contribution in [2.24, 2.45) is 0 Å². The summed E-state index contributed by atoms with van der Waals surface area (Å²) in [5, 5.41) is 10.0. The summed E-state index contributed by atoms with van der Waals surface area (Å²) in [5.74, 6) is 1.86. The van der Waals surface area contributed by atoms with Crippen LogP contribution < -0.4 is 4.74 Å². The van der Waals surface area contributed by atoms with E-state index in [-0.39, 0.29) is 0 Å². The van der Waals surface area contributed by atoms with Crippen LogP contribution in [0.2, 0.25) is 0 Å². The maximum Gasteiger partial charge on any atom is 0.143 e. The number of para-hydroxylation sites is 1. The van der Waals surface area contributed by atoms with E-state index in [1.807, 2.05) is 0 Å². The van der Waals surface area contributed by atoms with Crippen LogP contribution in [0.25, 0.3) is 65.3 Å². The predicted octanol–water partition coefficient (Wildman–Crippen LogP) is 9.74. The van der Waals surface area contributed by atoms with Crippen molar-refractivity contribution in [1.29, 1.82) is 0 Å². The number of hydrogen-bond acceptors (Lipinski definition) is 1. The zero-order valence-electron chi connectivity index (χ0n) is 19.0. The smallest absolute Gasteiger partial charge is 0.143 e. The maximum atomic E-state index is 6.58. The Hall–Kier alpha value is -4.62. The Bertz CT molecular complexity index is 1970. The van der Waals surface area contributed by atoms with E-state index in [2.05, 4.69) is 121 Å². The Kier molecular flexibility index (Phi) is 3.72. The van der Waals surface area contributed by atoms with Crippen LogP contribution in [-0.4, -0.2) is 0 Å². The van der Waals surface area contributed by atoms with Crippen molar-refractivity contribution in [3.8, 4) is 33.8 Å². The molecule has 0 unspecified atom stereocenters. The lowest BCUT2D eigenvalue weighted by Crippen LogP contribution is -1.98. The zero-order valence-corrected chi connectivity index (χ0v) is 19.0. The fraction of sp³-hybridized carbons (Fsp3) is 0. The van der Waals surface area contributed by atoms with E-state index in [1.54, 1.807) is 0 Å². The van der Waals surface area contributed by atoms with Crippen LogP contribution in [0.4, 0.5) is 0 Å². The van der Waals surface area contributed by atoms with Gasteiger partial charge in [0.25, 0.3) is 0 Å². The van der Waals surface area contributed by atoms with E-state index < -0.39 is 0 Å². The third-order valence-corrected chi connectivity index (χ3v) is 7.40. The molecule has 7 aromatic rings. The van der Waals surface area contributed by atoms with E-state index in [4.69, 9.17) is 4.74 Å². The average Bonchev–Trinajstić information content (AvgIpc) is 2.92. The van der Waals surface area contributed by atoms with Gasteiger partial charge >= 0.3 is 0 Å². The van der Waals surface area contributed by atoms with Gasteiger partial charge in [0.05, 0.1) is 0 Å². The molecule has 0 bridgehead atoms. The van der Waals surface area contributed by atoms with Crippen molar-refractivity contribution >= 4 is 43.1 Å². The fourth-order valence-corrected chi connectivity index (χ4v) is 5.73. The molecule has 0 radical (unpaired) electrons. The normalized spacial score (nSPS) is 12.2. The fourth-order valence-electron chi connectivity index (χ4n) is 5.73. The number of benzene rings is 7. The quantitative estimate of drug-likeness (QED) is 0.181. The average molecular weight is 445 g/mol. The van der Waals surface area contributed by atoms with E-state index in [0.29, 0.717) is 0 Å². The third-order valence-electron chi connectivity index (χ3n) is 7.40. The van der Waals surface area contributed by atoms with Crippen LogP contribution in [0.15, 0.2) is 121 Å². The van der Waals surface area contributed by atoms with Crippen molar-refractivity contribution in [1.82, 2.24) is 0 Å². The van der Waals surface area contributed by atoms with E-state index >= 15 is 0 Å². The van der Waals surface area contributed by atoms with Gasteiger partial charge in [0.2, 0.25) is 0 Å². The summed E-state index contributed by atoms with van der Waals surface area (Å²) < 4.78 is 6.58. The first-order chi connectivity index (χ1) is 17.3. The molecule has 1 nitrogen and oxygen atoms in total. The van der Waals surface area contributed by atoms with Gasteiger partial charge in [-0.05, 0) is 73.1 Å². The van der Waals surface area contributed by atoms with Crippen molar-refractivity contribution in [3.63, 3.8) is 0 Å². The lowest BCUT2D eigenvalue weighted by Gasteiger charge is -2.23. The first-order valence-electron chi connectivity index (χ1n) is 12.0. The SMILES string of the molecule is c1cc(-c2ccc3cc4ccc5ccccc5c4cc3c2)c2c(c1)-c1cccc3cccc(c13)O2. The van der Waals surface area contributed by atoms with Crippen LogP contribution in [-0.2, 0) is 0 Å². The first-order valence-corrected chi connectivity index (χ1v) is 12.0. The number of fused-ring (bicyclic) bond motifs is 6. The van der Waals surface area contributed by atoms with Gasteiger partial charge in [0.15, 0.2) is 0 Å². The van der Waals surface area contributed by atoms with Gasteiger partial charge in [-0.15, -0.1) is 0 Å². The summed E-state index contributed by atoms with van der Waals surface area (Å²) in [6.07, 6.45) is 0. The lowest BCUT2D eigenvalue weighted by atomic mass is 9.90. The van der Waals surface area contributed by atoms with E-state index in [9.17, 15) is 0 Å². The van der Waals surface area contributed by atoms with Crippen molar-refractivity contribution in [2.75, 3.05) is 0 Å². The largest absolute Gasteiger partial charge is 0.455 e. The molecule has 1 heterocycles. The van der Waals surface area contributed by atoms with Crippen molar-refractivity contribution in [2.45, 2.75) is 0 Å². The van der Waals surface area contributed by atoms with E-state index in [1.165, 1.54) is 54.2 Å². The summed E-state index contributed by atoms with van der Waals surface area (Å²) in [7, 11) is 0. The van der Waals surface area contributed by atoms with Gasteiger partial charge in [-0.1, -0.05) is 97.1 Å². The summed E-state index contributed by atoms with van der Waals surface area (Å²) in [5.41, 5.74) is 4.67. The van der Waals surface area contributed by atoms with Crippen LogP contribution in [0, 0.1) is 0 Å². The molecule has 162 valence electrons. The van der Waals surface area contributed by atoms with Crippen LogP contribution in [0.1, 0.15) is 0 Å². The van der Waals surface area contributed by atoms with Gasteiger partial charge in [0, 0.05) is 16.5 Å². The molecule has 0 aromatic heterocycles. The third kappa shape index (κ3) is 2.70. The van der Waals surface area contributed by atoms with Crippen LogP contribution in [0.3, 0.4) is 0 Å². The zero-order chi connectivity index (χ0) is 22.9. The number of hydrogen-bond donors (Lipinski definition) is 0. The Balaban J connectivity index is 1.36. The predicted molar refractivity (Wildman–Crippen MR) is 147 cm³/mol. The Morgan fingerprint density at radius 2 is 1.14 bits per heavy atom. The molecule has 0 amide bonds. The monoisotopic (exact) mass is 444 g/mol. The molecule has 0 aliphatic carbocycles. The molecule has 7 aromatic carbocycles. The van der Waals surface area contributed by atoms with Gasteiger partial charge in [-0.3, -0.25) is 0 Å². The highest BCUT2D eigenvalue weighted by atomic mass is 16.5. The molecular formula is C34H20O. The summed E-state index contributed by atoms with van der Waals surface area (Å²) >= 11 is 0. The number of ether oxygens (including phenoxy) is 1. The van der Waals surface area contributed by atoms with E-state index in [0.717, 1.165) is 22.6 Å². The minimum Gasteiger partial charge on any atom is -0.455 e. The van der Waals surface area contributed by atoms with Crippen LogP contribution >= 0.6 is 0 Å². The Labute approximate surface area is 202 Å². The number of rotatable bonds is 1. The molecule has 0 N–H and O–H groups in total. The van der Waals surface area contributed by atoms with Gasteiger partial charge < -0.3 is 4.74 Å². The second kappa shape index (κ2) is 6.94. The molecule has 1 aliphatic rings. The van der Waals surface area contributed by atoms with Gasteiger partial charge in [-0.2, -0.15) is 0 Å². The second-order valence-corrected chi connectivity index (χ2v) is 9.37. The molecule has 0 atom stereocenters. The molecular weight excluding hydrogens is 424 g/mol. The Morgan fingerprint density at radius 1 is 0.400 bits per heavy atom. The minimum absolute atomic E-state index is 0.927. The molecule has 1 heteroatoms. The Morgan fingerprint density at radius 3 is 2.11 bits per heavy atom. The molecule has 8 rings (SSSR count). The molecule has 0 saturated carbocycles.